The van der Waals surface area contributed by atoms with Crippen LogP contribution in [-0.4, -0.2) is 20.8 Å². The van der Waals surface area contributed by atoms with Crippen molar-refractivity contribution in [3.05, 3.63) is 59.6 Å². The summed E-state index contributed by atoms with van der Waals surface area (Å²) < 4.78 is 7.15. The molecule has 25 heavy (non-hydrogen) atoms. The van der Waals surface area contributed by atoms with E-state index in [1.54, 1.807) is 6.07 Å². The molecule has 1 N–H and O–H groups in total. The molecular formula is C19H22N4O2. The predicted molar refractivity (Wildman–Crippen MR) is 95.1 cm³/mol. The first-order valence-corrected chi connectivity index (χ1v) is 8.21. The lowest BCUT2D eigenvalue weighted by Gasteiger charge is -2.21. The van der Waals surface area contributed by atoms with Crippen LogP contribution in [0.1, 0.15) is 42.7 Å². The highest BCUT2D eigenvalue weighted by molar-refractivity contribution is 5.92. The number of aryl methyl sites for hydroxylation is 1. The molecule has 130 valence electrons. The molecule has 1 aromatic carbocycles. The first-order valence-electron chi connectivity index (χ1n) is 8.21. The second kappa shape index (κ2) is 6.55. The van der Waals surface area contributed by atoms with E-state index < -0.39 is 0 Å². The van der Waals surface area contributed by atoms with E-state index in [0.29, 0.717) is 11.5 Å². The van der Waals surface area contributed by atoms with Gasteiger partial charge in [-0.3, -0.25) is 9.48 Å². The Kier molecular flexibility index (Phi) is 4.44. The zero-order valence-electron chi connectivity index (χ0n) is 14.9. The van der Waals surface area contributed by atoms with Crippen LogP contribution in [0.5, 0.6) is 0 Å². The van der Waals surface area contributed by atoms with Crippen molar-refractivity contribution in [2.75, 3.05) is 0 Å². The third-order valence-electron chi connectivity index (χ3n) is 3.81. The summed E-state index contributed by atoms with van der Waals surface area (Å²) in [5.74, 6) is 0.364. The van der Waals surface area contributed by atoms with Crippen molar-refractivity contribution in [2.45, 2.75) is 39.8 Å². The van der Waals surface area contributed by atoms with Crippen LogP contribution in [0.2, 0.25) is 0 Å². The highest BCUT2D eigenvalue weighted by atomic mass is 16.5. The van der Waals surface area contributed by atoms with Crippen LogP contribution >= 0.6 is 0 Å². The Morgan fingerprint density at radius 3 is 2.56 bits per heavy atom. The smallest absolute Gasteiger partial charge is 0.272 e. The van der Waals surface area contributed by atoms with Crippen molar-refractivity contribution in [1.29, 1.82) is 0 Å². The quantitative estimate of drug-likeness (QED) is 0.790. The van der Waals surface area contributed by atoms with Crippen LogP contribution in [-0.2, 0) is 12.1 Å². The Balaban J connectivity index is 1.66. The summed E-state index contributed by atoms with van der Waals surface area (Å²) in [5, 5.41) is 11.3. The fourth-order valence-corrected chi connectivity index (χ4v) is 2.66. The maximum atomic E-state index is 12.3. The molecule has 2 aromatic heterocycles. The fraction of sp³-hybridized carbons (Fsp3) is 0.316. The lowest BCUT2D eigenvalue weighted by atomic mass is 10.1. The average Bonchev–Trinajstić information content (AvgIpc) is 3.20. The van der Waals surface area contributed by atoms with E-state index in [2.05, 4.69) is 15.6 Å². The van der Waals surface area contributed by atoms with Crippen LogP contribution in [0, 0.1) is 6.92 Å². The third-order valence-corrected chi connectivity index (χ3v) is 3.81. The van der Waals surface area contributed by atoms with E-state index >= 15 is 0 Å². The minimum Gasteiger partial charge on any atom is -0.359 e. The molecule has 3 aromatic rings. The van der Waals surface area contributed by atoms with Gasteiger partial charge in [0.05, 0.1) is 12.1 Å². The number of benzene rings is 1. The first kappa shape index (κ1) is 17.0. The number of hydrogen-bond acceptors (Lipinski definition) is 4. The van der Waals surface area contributed by atoms with Crippen molar-refractivity contribution in [3.63, 3.8) is 0 Å². The largest absolute Gasteiger partial charge is 0.359 e. The van der Waals surface area contributed by atoms with E-state index in [9.17, 15) is 4.79 Å². The van der Waals surface area contributed by atoms with Crippen LogP contribution in [0.15, 0.2) is 47.0 Å². The Hall–Kier alpha value is -2.89. The topological polar surface area (TPSA) is 73.0 Å². The third kappa shape index (κ3) is 3.79. The number of hydrogen-bond donors (Lipinski definition) is 1. The highest BCUT2D eigenvalue weighted by Crippen LogP contribution is 2.19. The SMILES string of the molecule is Cc1cc(C(=O)NCc2cc(-c3ccccc3)no2)nn1C(C)(C)C. The van der Waals surface area contributed by atoms with Crippen LogP contribution in [0.25, 0.3) is 11.3 Å². The molecule has 0 atom stereocenters. The Morgan fingerprint density at radius 2 is 1.92 bits per heavy atom. The zero-order chi connectivity index (χ0) is 18.0. The van der Waals surface area contributed by atoms with Crippen LogP contribution < -0.4 is 5.32 Å². The number of carbonyl (C=O) groups is 1. The maximum Gasteiger partial charge on any atom is 0.272 e. The van der Waals surface area contributed by atoms with Gasteiger partial charge in [-0.25, -0.2) is 0 Å². The van der Waals surface area contributed by atoms with Gasteiger partial charge in [0.15, 0.2) is 5.76 Å². The van der Waals surface area contributed by atoms with Gasteiger partial charge >= 0.3 is 0 Å². The summed E-state index contributed by atoms with van der Waals surface area (Å²) in [5.41, 5.74) is 2.90. The van der Waals surface area contributed by atoms with Gasteiger partial charge in [-0.05, 0) is 33.8 Å². The fourth-order valence-electron chi connectivity index (χ4n) is 2.66. The lowest BCUT2D eigenvalue weighted by molar-refractivity contribution is 0.0940. The molecule has 6 heteroatoms. The van der Waals surface area contributed by atoms with E-state index in [4.69, 9.17) is 4.52 Å². The minimum atomic E-state index is -0.233. The summed E-state index contributed by atoms with van der Waals surface area (Å²) in [6, 6.07) is 13.4. The molecule has 6 nitrogen and oxygen atoms in total. The summed E-state index contributed by atoms with van der Waals surface area (Å²) in [4.78, 5) is 12.3. The zero-order valence-corrected chi connectivity index (χ0v) is 14.9. The van der Waals surface area contributed by atoms with Crippen molar-refractivity contribution in [1.82, 2.24) is 20.3 Å². The molecular weight excluding hydrogens is 316 g/mol. The molecule has 0 fully saturated rings. The van der Waals surface area contributed by atoms with Gasteiger partial charge < -0.3 is 9.84 Å². The van der Waals surface area contributed by atoms with E-state index in [0.717, 1.165) is 17.0 Å². The average molecular weight is 338 g/mol. The molecule has 3 rings (SSSR count). The lowest BCUT2D eigenvalue weighted by Crippen LogP contribution is -2.26. The van der Waals surface area contributed by atoms with Gasteiger partial charge in [-0.1, -0.05) is 35.5 Å². The van der Waals surface area contributed by atoms with E-state index in [1.807, 2.05) is 68.8 Å². The second-order valence-corrected chi connectivity index (χ2v) is 6.98. The molecule has 0 saturated heterocycles. The molecule has 0 spiro atoms. The van der Waals surface area contributed by atoms with E-state index in [1.165, 1.54) is 0 Å². The van der Waals surface area contributed by atoms with Crippen molar-refractivity contribution in [2.24, 2.45) is 0 Å². The van der Waals surface area contributed by atoms with Crippen molar-refractivity contribution < 1.29 is 9.32 Å². The van der Waals surface area contributed by atoms with Gasteiger partial charge in [-0.15, -0.1) is 0 Å². The molecule has 0 radical (unpaired) electrons. The normalized spacial score (nSPS) is 11.5. The molecule has 0 unspecified atom stereocenters. The highest BCUT2D eigenvalue weighted by Gasteiger charge is 2.20. The van der Waals surface area contributed by atoms with Gasteiger partial charge in [0.25, 0.3) is 5.91 Å². The summed E-state index contributed by atoms with van der Waals surface area (Å²) >= 11 is 0. The molecule has 0 aliphatic heterocycles. The van der Waals surface area contributed by atoms with Gasteiger partial charge in [0, 0.05) is 17.3 Å². The Bertz CT molecular complexity index is 872. The molecule has 2 heterocycles. The number of carbonyl (C=O) groups excluding carboxylic acids is 1. The molecule has 0 aliphatic rings. The number of amides is 1. The monoisotopic (exact) mass is 338 g/mol. The van der Waals surface area contributed by atoms with Crippen molar-refractivity contribution >= 4 is 5.91 Å². The number of nitrogens with zero attached hydrogens (tertiary/aromatic N) is 3. The molecule has 0 saturated carbocycles. The Morgan fingerprint density at radius 1 is 1.20 bits per heavy atom. The molecule has 1 amide bonds. The summed E-state index contributed by atoms with van der Waals surface area (Å²) in [6.07, 6.45) is 0. The van der Waals surface area contributed by atoms with Crippen molar-refractivity contribution in [3.8, 4) is 11.3 Å². The van der Waals surface area contributed by atoms with E-state index in [-0.39, 0.29) is 18.0 Å². The van der Waals surface area contributed by atoms with Gasteiger partial charge in [0.1, 0.15) is 11.4 Å². The number of nitrogens with one attached hydrogen (secondary N) is 1. The van der Waals surface area contributed by atoms with Crippen LogP contribution in [0.4, 0.5) is 0 Å². The standard InChI is InChI=1S/C19H22N4O2/c1-13-10-17(21-23(13)19(2,3)4)18(24)20-12-15-11-16(22-25-15)14-8-6-5-7-9-14/h5-11H,12H2,1-4H3,(H,20,24). The second-order valence-electron chi connectivity index (χ2n) is 6.98. The first-order chi connectivity index (χ1) is 11.8. The predicted octanol–water partition coefficient (Wildman–Crippen LogP) is 3.53. The van der Waals surface area contributed by atoms with Gasteiger partial charge in [0.2, 0.25) is 0 Å². The maximum absolute atomic E-state index is 12.3. The number of rotatable bonds is 4. The summed E-state index contributed by atoms with van der Waals surface area (Å²) in [6.45, 7) is 8.36. The van der Waals surface area contributed by atoms with Gasteiger partial charge in [-0.2, -0.15) is 5.10 Å². The molecule has 0 bridgehead atoms. The summed E-state index contributed by atoms with van der Waals surface area (Å²) in [7, 11) is 0. The molecule has 0 aliphatic carbocycles. The number of aromatic nitrogens is 3. The minimum absolute atomic E-state index is 0.169. The van der Waals surface area contributed by atoms with Crippen LogP contribution in [0.3, 0.4) is 0 Å². The Labute approximate surface area is 146 Å².